The molecule has 240 valence electrons. The van der Waals surface area contributed by atoms with E-state index in [-0.39, 0.29) is 34.4 Å². The molecule has 2 atom stereocenters. The number of β-lactam (4-membered cyclic amide) rings is 1. The van der Waals surface area contributed by atoms with Crippen LogP contribution in [0.15, 0.2) is 46.5 Å². The number of ketones is 1. The number of oxime groups is 1. The number of likely N-dealkylation sites (N-methyl/N-ethyl adjacent to an activating group) is 1. The van der Waals surface area contributed by atoms with E-state index in [1.54, 1.807) is 29.2 Å². The lowest BCUT2D eigenvalue weighted by molar-refractivity contribution is -0.689. The molecule has 4 rings (SSSR count). The monoisotopic (exact) mass is 660 g/mol. The zero-order chi connectivity index (χ0) is 32.9. The van der Waals surface area contributed by atoms with E-state index in [0.29, 0.717) is 30.2 Å². The highest BCUT2D eigenvalue weighted by atomic mass is 32.2. The van der Waals surface area contributed by atoms with Gasteiger partial charge in [-0.25, -0.2) is 19.1 Å². The van der Waals surface area contributed by atoms with Crippen molar-refractivity contribution in [1.82, 2.24) is 20.2 Å². The molecule has 2 aliphatic rings. The highest BCUT2D eigenvalue weighted by Gasteiger charge is 2.54. The highest BCUT2D eigenvalue weighted by molar-refractivity contribution is 8.00. The van der Waals surface area contributed by atoms with Gasteiger partial charge in [0.15, 0.2) is 16.6 Å². The molecule has 4 heterocycles. The zero-order valence-corrected chi connectivity index (χ0v) is 26.4. The third kappa shape index (κ3) is 7.58. The first-order valence-corrected chi connectivity index (χ1v) is 15.6. The number of carbonyl (C=O) groups is 4. The number of hydrogen-bond donors (Lipinski definition) is 6. The topological polar surface area (TPSA) is 239 Å². The molecule has 1 fully saturated rings. The molecule has 8 N–H and O–H groups in total. The van der Waals surface area contributed by atoms with E-state index in [2.05, 4.69) is 25.8 Å². The maximum Gasteiger partial charge on any atom is 0.352 e. The number of thiazole rings is 1. The van der Waals surface area contributed by atoms with Crippen molar-refractivity contribution >= 4 is 69.1 Å². The number of nitrogens with one attached hydrogen (secondary N) is 2. The van der Waals surface area contributed by atoms with Crippen molar-refractivity contribution < 1.29 is 38.8 Å². The Morgan fingerprint density at radius 2 is 2.04 bits per heavy atom. The number of carboxylic acid groups (broad SMARTS) is 2. The van der Waals surface area contributed by atoms with Crippen molar-refractivity contribution in [2.24, 2.45) is 11.1 Å². The van der Waals surface area contributed by atoms with Crippen LogP contribution in [-0.2, 0) is 30.6 Å². The van der Waals surface area contributed by atoms with Gasteiger partial charge in [-0.15, -0.1) is 23.1 Å². The summed E-state index contributed by atoms with van der Waals surface area (Å²) in [6.45, 7) is 4.28. The minimum atomic E-state index is -1.74. The van der Waals surface area contributed by atoms with Crippen molar-refractivity contribution in [3.8, 4) is 0 Å². The van der Waals surface area contributed by atoms with Gasteiger partial charge in [0.1, 0.15) is 29.8 Å². The molecule has 1 saturated heterocycles. The molecule has 0 radical (unpaired) electrons. The summed E-state index contributed by atoms with van der Waals surface area (Å²) in [4.78, 5) is 65.0. The Bertz CT molecular complexity index is 1590. The molecule has 18 heteroatoms. The molecule has 45 heavy (non-hydrogen) atoms. The van der Waals surface area contributed by atoms with Crippen molar-refractivity contribution in [2.75, 3.05) is 42.7 Å². The number of nitrogen functional groups attached to an aromatic ring is 2. The first-order chi connectivity index (χ1) is 21.3. The molecule has 1 amide bonds. The smallest absolute Gasteiger partial charge is 0.352 e. The first kappa shape index (κ1) is 33.3. The van der Waals surface area contributed by atoms with Crippen LogP contribution in [0.5, 0.6) is 0 Å². The van der Waals surface area contributed by atoms with Crippen molar-refractivity contribution in [3.05, 3.63) is 47.0 Å². The van der Waals surface area contributed by atoms with Gasteiger partial charge in [-0.3, -0.25) is 14.5 Å². The number of amides is 1. The maximum atomic E-state index is 13.4. The Morgan fingerprint density at radius 1 is 1.29 bits per heavy atom. The summed E-state index contributed by atoms with van der Waals surface area (Å²) < 4.78 is 1.78. The number of anilines is 3. The Balaban J connectivity index is 1.48. The molecule has 0 aliphatic carbocycles. The second-order valence-electron chi connectivity index (χ2n) is 10.5. The van der Waals surface area contributed by atoms with Gasteiger partial charge in [0.25, 0.3) is 12.1 Å². The van der Waals surface area contributed by atoms with Crippen molar-refractivity contribution in [2.45, 2.75) is 37.8 Å². The average Bonchev–Trinajstić information content (AvgIpc) is 3.42. The van der Waals surface area contributed by atoms with Crippen LogP contribution in [0.1, 0.15) is 26.0 Å². The van der Waals surface area contributed by atoms with E-state index in [1.807, 2.05) is 7.05 Å². The van der Waals surface area contributed by atoms with Crippen LogP contribution in [0.2, 0.25) is 0 Å². The lowest BCUT2D eigenvalue weighted by atomic mass is 9.89. The quantitative estimate of drug-likeness (QED) is 0.0495. The Hall–Kier alpha value is -4.55. The molecular weight excluding hydrogens is 626 g/mol. The number of rotatable bonds is 15. The molecular formula is C27H34N9O7S2+. The Kier molecular flexibility index (Phi) is 10.4. The van der Waals surface area contributed by atoms with Crippen molar-refractivity contribution in [3.63, 3.8) is 0 Å². The summed E-state index contributed by atoms with van der Waals surface area (Å²) >= 11 is 2.39. The molecule has 0 aromatic carbocycles. The van der Waals surface area contributed by atoms with Crippen LogP contribution < -0.4 is 26.7 Å². The van der Waals surface area contributed by atoms with E-state index in [4.69, 9.17) is 16.3 Å². The lowest BCUT2D eigenvalue weighted by Gasteiger charge is -2.49. The lowest BCUT2D eigenvalue weighted by Crippen LogP contribution is -2.62. The fourth-order valence-corrected chi connectivity index (χ4v) is 6.32. The molecule has 0 spiro atoms. The molecule has 16 nitrogen and oxygen atoms in total. The normalized spacial score (nSPS) is 18.5. The van der Waals surface area contributed by atoms with E-state index in [1.165, 1.54) is 35.9 Å². The minimum Gasteiger partial charge on any atom is -0.478 e. The van der Waals surface area contributed by atoms with E-state index >= 15 is 0 Å². The number of nitrogens with two attached hydrogens (primary N) is 2. The number of nitrogens with zero attached hydrogens (tertiary/aromatic N) is 5. The van der Waals surface area contributed by atoms with Crippen LogP contribution in [0.3, 0.4) is 0 Å². The average molecular weight is 661 g/mol. The number of hydrogen-bond acceptors (Lipinski definition) is 14. The molecule has 2 aliphatic heterocycles. The standard InChI is InChI=1S/C27H33N9O7S2/c1-27(2,25(41)42)43-34-19(17-12-45-26(29)33-17)18(37)9-15-22(38)36-20(24(39)40)14(11-44-23(15)36)5-4-8-35-10-16(21(28)32-13-35)31-7-6-30-3/h4-5,10,12-13,15,23,28,30-31H,6-9,11H2,1-3H3,(H4,29,33,39,40,41,42)/p+1/b5-4+,34-19-/t15-,23?/m1/s1. The van der Waals surface area contributed by atoms with E-state index < -0.39 is 40.5 Å². The summed E-state index contributed by atoms with van der Waals surface area (Å²) in [5, 5.41) is 30.4. The summed E-state index contributed by atoms with van der Waals surface area (Å²) in [6, 6.07) is 0. The van der Waals surface area contributed by atoms with Gasteiger partial charge < -0.3 is 37.2 Å². The van der Waals surface area contributed by atoms with Crippen LogP contribution in [0.4, 0.5) is 16.6 Å². The fraction of sp³-hybridized carbons (Fsp3) is 0.407. The molecule has 0 saturated carbocycles. The van der Waals surface area contributed by atoms with Crippen LogP contribution in [0, 0.1) is 5.92 Å². The Labute approximate surface area is 266 Å². The van der Waals surface area contributed by atoms with Gasteiger partial charge in [0.05, 0.1) is 11.3 Å². The number of fused-ring (bicyclic) bond motifs is 1. The highest BCUT2D eigenvalue weighted by Crippen LogP contribution is 2.45. The molecule has 1 unspecified atom stereocenters. The fourth-order valence-electron chi connectivity index (χ4n) is 4.38. The Morgan fingerprint density at radius 3 is 2.69 bits per heavy atom. The molecule has 2 aromatic heterocycles. The third-order valence-corrected chi connectivity index (χ3v) is 8.90. The number of carbonyl (C=O) groups excluding carboxylic acids is 2. The summed E-state index contributed by atoms with van der Waals surface area (Å²) in [7, 11) is 1.84. The van der Waals surface area contributed by atoms with Crippen LogP contribution in [-0.4, -0.2) is 91.3 Å². The second kappa shape index (κ2) is 14.0. The van der Waals surface area contributed by atoms with Crippen LogP contribution >= 0.6 is 23.1 Å². The maximum absolute atomic E-state index is 13.4. The van der Waals surface area contributed by atoms with Gasteiger partial charge in [-0.1, -0.05) is 11.2 Å². The predicted octanol–water partition coefficient (Wildman–Crippen LogP) is 0.291. The van der Waals surface area contributed by atoms with E-state index in [9.17, 15) is 29.4 Å². The number of aromatic nitrogens is 3. The summed E-state index contributed by atoms with van der Waals surface area (Å²) in [6.07, 6.45) is 6.47. The summed E-state index contributed by atoms with van der Waals surface area (Å²) in [5.41, 5.74) is 10.7. The zero-order valence-electron chi connectivity index (χ0n) is 24.7. The largest absolute Gasteiger partial charge is 0.478 e. The minimum absolute atomic E-state index is 0.0807. The predicted molar refractivity (Wildman–Crippen MR) is 167 cm³/mol. The number of aliphatic carboxylic acids is 2. The first-order valence-electron chi connectivity index (χ1n) is 13.7. The number of Topliss-reactive ketones (excluding diaryl/α,β-unsaturated/α-hetero) is 1. The summed E-state index contributed by atoms with van der Waals surface area (Å²) in [5.74, 6) is -3.91. The SMILES string of the molecule is CNCCNc1c[n+](C/C=C/C2=C(C(=O)O)N3C(=O)[C@@H](CC(=O)/C(=N\OC(C)(C)C(=O)O)c4csc(N)n4)C3SC2)cnc1N. The number of carboxylic acids is 2. The molecule has 0 bridgehead atoms. The number of allylic oxidation sites excluding steroid dienone is 2. The van der Waals surface area contributed by atoms with Crippen molar-refractivity contribution in [1.29, 1.82) is 0 Å². The van der Waals surface area contributed by atoms with Gasteiger partial charge in [0.2, 0.25) is 11.5 Å². The second-order valence-corrected chi connectivity index (χ2v) is 12.5. The van der Waals surface area contributed by atoms with Gasteiger partial charge >= 0.3 is 11.9 Å². The van der Waals surface area contributed by atoms with Gasteiger partial charge in [-0.05, 0) is 37.5 Å². The van der Waals surface area contributed by atoms with Gasteiger partial charge in [-0.2, -0.15) is 0 Å². The molecule has 2 aromatic rings. The third-order valence-electron chi connectivity index (χ3n) is 6.87. The van der Waals surface area contributed by atoms with Gasteiger partial charge in [0, 0.05) is 30.6 Å². The van der Waals surface area contributed by atoms with E-state index in [0.717, 1.165) is 17.9 Å². The van der Waals surface area contributed by atoms with Crippen LogP contribution in [0.25, 0.3) is 0 Å². The number of thioether (sulfide) groups is 1.